The summed E-state index contributed by atoms with van der Waals surface area (Å²) in [7, 11) is 5.66. The van der Waals surface area contributed by atoms with Gasteiger partial charge in [0.15, 0.2) is 5.96 Å². The predicted molar refractivity (Wildman–Crippen MR) is 111 cm³/mol. The van der Waals surface area contributed by atoms with Gasteiger partial charge in [0.2, 0.25) is 0 Å². The molecule has 0 fully saturated rings. The monoisotopic (exact) mass is 459 g/mol. The van der Waals surface area contributed by atoms with Crippen LogP contribution in [0.25, 0.3) is 0 Å². The van der Waals surface area contributed by atoms with Crippen molar-refractivity contribution in [3.63, 3.8) is 0 Å². The molecule has 2 aromatic rings. The van der Waals surface area contributed by atoms with E-state index in [4.69, 9.17) is 0 Å². The van der Waals surface area contributed by atoms with Crippen LogP contribution in [0.4, 0.5) is 4.39 Å². The highest BCUT2D eigenvalue weighted by Gasteiger charge is 2.11. The molecule has 1 aromatic heterocycles. The molecular formula is C18H27FIN5. The molecule has 1 N–H and O–H groups in total. The first-order valence-electron chi connectivity index (χ1n) is 8.07. The number of benzene rings is 1. The summed E-state index contributed by atoms with van der Waals surface area (Å²) in [5, 5.41) is 7.80. The van der Waals surface area contributed by atoms with E-state index in [0.29, 0.717) is 6.54 Å². The van der Waals surface area contributed by atoms with Gasteiger partial charge in [0, 0.05) is 39.9 Å². The third kappa shape index (κ3) is 5.69. The van der Waals surface area contributed by atoms with Gasteiger partial charge in [-0.3, -0.25) is 9.67 Å². The zero-order valence-electron chi connectivity index (χ0n) is 15.5. The van der Waals surface area contributed by atoms with E-state index in [1.165, 1.54) is 17.3 Å². The number of halogens is 2. The van der Waals surface area contributed by atoms with Crippen LogP contribution >= 0.6 is 24.0 Å². The lowest BCUT2D eigenvalue weighted by molar-refractivity contribution is 0.475. The van der Waals surface area contributed by atoms with Crippen LogP contribution in [0.15, 0.2) is 29.3 Å². The van der Waals surface area contributed by atoms with Crippen molar-refractivity contribution in [3.05, 3.63) is 52.6 Å². The Morgan fingerprint density at radius 2 is 2.08 bits per heavy atom. The number of hydrogen-bond acceptors (Lipinski definition) is 2. The molecule has 1 aromatic carbocycles. The van der Waals surface area contributed by atoms with Gasteiger partial charge in [-0.2, -0.15) is 5.10 Å². The van der Waals surface area contributed by atoms with E-state index < -0.39 is 0 Å². The molecule has 0 atom stereocenters. The highest BCUT2D eigenvalue weighted by atomic mass is 127. The van der Waals surface area contributed by atoms with Crippen LogP contribution in [-0.2, 0) is 20.0 Å². The molecule has 2 rings (SSSR count). The Hall–Kier alpha value is -1.64. The van der Waals surface area contributed by atoms with Gasteiger partial charge in [0.1, 0.15) is 5.82 Å². The summed E-state index contributed by atoms with van der Waals surface area (Å²) in [4.78, 5) is 6.29. The molecule has 0 saturated carbocycles. The smallest absolute Gasteiger partial charge is 0.193 e. The van der Waals surface area contributed by atoms with Crippen LogP contribution in [0.1, 0.15) is 22.5 Å². The second-order valence-electron chi connectivity index (χ2n) is 5.98. The number of nitrogens with one attached hydrogen (secondary N) is 1. The fourth-order valence-electron chi connectivity index (χ4n) is 2.85. The molecule has 0 aliphatic heterocycles. The fourth-order valence-corrected chi connectivity index (χ4v) is 2.85. The third-order valence-electron chi connectivity index (χ3n) is 4.20. The molecule has 0 amide bonds. The molecule has 1 heterocycles. The van der Waals surface area contributed by atoms with E-state index in [1.807, 2.05) is 36.7 Å². The average Bonchev–Trinajstić information content (AvgIpc) is 2.77. The fraction of sp³-hybridized carbons (Fsp3) is 0.444. The normalized spacial score (nSPS) is 11.2. The highest BCUT2D eigenvalue weighted by molar-refractivity contribution is 14.0. The van der Waals surface area contributed by atoms with E-state index in [0.717, 1.165) is 30.2 Å². The van der Waals surface area contributed by atoms with Gasteiger partial charge in [-0.15, -0.1) is 24.0 Å². The molecule has 0 aliphatic rings. The number of hydrogen-bond donors (Lipinski definition) is 1. The average molecular weight is 459 g/mol. The lowest BCUT2D eigenvalue weighted by Crippen LogP contribution is -2.39. The number of guanidine groups is 1. The van der Waals surface area contributed by atoms with Gasteiger partial charge in [0.05, 0.1) is 5.69 Å². The van der Waals surface area contributed by atoms with Crippen molar-refractivity contribution in [1.29, 1.82) is 0 Å². The van der Waals surface area contributed by atoms with Crippen molar-refractivity contribution in [2.45, 2.75) is 26.8 Å². The minimum atomic E-state index is -0.216. The maximum atomic E-state index is 13.3. The Labute approximate surface area is 166 Å². The summed E-state index contributed by atoms with van der Waals surface area (Å²) in [5.41, 5.74) is 4.45. The topological polar surface area (TPSA) is 45.5 Å². The lowest BCUT2D eigenvalue weighted by atomic mass is 10.1. The number of aryl methyl sites for hydroxylation is 2. The van der Waals surface area contributed by atoms with Crippen molar-refractivity contribution < 1.29 is 4.39 Å². The molecule has 7 heteroatoms. The summed E-state index contributed by atoms with van der Waals surface area (Å²) < 4.78 is 15.2. The van der Waals surface area contributed by atoms with E-state index >= 15 is 0 Å². The molecule has 0 bridgehead atoms. The summed E-state index contributed by atoms with van der Waals surface area (Å²) in [6.45, 7) is 5.49. The van der Waals surface area contributed by atoms with Crippen LogP contribution in [0.3, 0.4) is 0 Å². The standard InChI is InChI=1S/C18H26FN5.HI/c1-13-17(14(2)24(5)22-13)9-10-21-18(20-3)23(4)12-15-7-6-8-16(19)11-15;/h6-8,11H,9-10,12H2,1-5H3,(H,20,21);1H. The number of nitrogens with zero attached hydrogens (tertiary/aromatic N) is 4. The van der Waals surface area contributed by atoms with Gasteiger partial charge in [-0.25, -0.2) is 4.39 Å². The van der Waals surface area contributed by atoms with Gasteiger partial charge < -0.3 is 10.2 Å². The van der Waals surface area contributed by atoms with Gasteiger partial charge in [0.25, 0.3) is 0 Å². The van der Waals surface area contributed by atoms with Gasteiger partial charge in [-0.05, 0) is 43.5 Å². The molecule has 0 aliphatic carbocycles. The van der Waals surface area contributed by atoms with E-state index in [2.05, 4.69) is 22.3 Å². The molecule has 5 nitrogen and oxygen atoms in total. The van der Waals surface area contributed by atoms with Crippen LogP contribution in [0.2, 0.25) is 0 Å². The first-order chi connectivity index (χ1) is 11.4. The largest absolute Gasteiger partial charge is 0.356 e. The summed E-state index contributed by atoms with van der Waals surface area (Å²) in [6.07, 6.45) is 0.887. The summed E-state index contributed by atoms with van der Waals surface area (Å²) in [5.74, 6) is 0.574. The van der Waals surface area contributed by atoms with E-state index in [9.17, 15) is 4.39 Å². The zero-order valence-corrected chi connectivity index (χ0v) is 17.8. The van der Waals surface area contributed by atoms with Crippen LogP contribution < -0.4 is 5.32 Å². The molecule has 0 spiro atoms. The lowest BCUT2D eigenvalue weighted by Gasteiger charge is -2.22. The number of aromatic nitrogens is 2. The molecule has 0 radical (unpaired) electrons. The van der Waals surface area contributed by atoms with Crippen molar-refractivity contribution in [1.82, 2.24) is 20.0 Å². The molecule has 138 valence electrons. The quantitative estimate of drug-likeness (QED) is 0.425. The highest BCUT2D eigenvalue weighted by Crippen LogP contribution is 2.12. The zero-order chi connectivity index (χ0) is 17.7. The second kappa shape index (κ2) is 9.74. The molecule has 25 heavy (non-hydrogen) atoms. The Balaban J connectivity index is 0.00000312. The maximum absolute atomic E-state index is 13.3. The van der Waals surface area contributed by atoms with Crippen molar-refractivity contribution in [2.24, 2.45) is 12.0 Å². The Morgan fingerprint density at radius 1 is 1.36 bits per heavy atom. The van der Waals surface area contributed by atoms with Crippen LogP contribution in [0, 0.1) is 19.7 Å². The Kier molecular flexibility index (Phi) is 8.34. The number of aliphatic imine (C=N–C) groups is 1. The minimum absolute atomic E-state index is 0. The maximum Gasteiger partial charge on any atom is 0.193 e. The Bertz CT molecular complexity index is 726. The van der Waals surface area contributed by atoms with Crippen LogP contribution in [0.5, 0.6) is 0 Å². The Morgan fingerprint density at radius 3 is 2.64 bits per heavy atom. The first-order valence-corrected chi connectivity index (χ1v) is 8.07. The summed E-state index contributed by atoms with van der Waals surface area (Å²) >= 11 is 0. The van der Waals surface area contributed by atoms with Crippen molar-refractivity contribution in [2.75, 3.05) is 20.6 Å². The first kappa shape index (κ1) is 21.4. The van der Waals surface area contributed by atoms with E-state index in [-0.39, 0.29) is 29.8 Å². The predicted octanol–water partition coefficient (Wildman–Crippen LogP) is 3.04. The molecule has 0 unspecified atom stereocenters. The molecule has 0 saturated heterocycles. The van der Waals surface area contributed by atoms with Crippen molar-refractivity contribution >= 4 is 29.9 Å². The minimum Gasteiger partial charge on any atom is -0.356 e. The van der Waals surface area contributed by atoms with Gasteiger partial charge in [-0.1, -0.05) is 12.1 Å². The van der Waals surface area contributed by atoms with Crippen LogP contribution in [-0.4, -0.2) is 41.3 Å². The number of rotatable bonds is 5. The third-order valence-corrected chi connectivity index (χ3v) is 4.20. The van der Waals surface area contributed by atoms with Crippen molar-refractivity contribution in [3.8, 4) is 0 Å². The van der Waals surface area contributed by atoms with E-state index in [1.54, 1.807) is 19.2 Å². The van der Waals surface area contributed by atoms with Gasteiger partial charge >= 0.3 is 0 Å². The molecular weight excluding hydrogens is 432 g/mol. The SMILES string of the molecule is CN=C(NCCc1c(C)nn(C)c1C)N(C)Cc1cccc(F)c1.I. The summed E-state index contributed by atoms with van der Waals surface area (Å²) in [6, 6.07) is 6.64. The second-order valence-corrected chi connectivity index (χ2v) is 5.98.